The van der Waals surface area contributed by atoms with Crippen LogP contribution in [0.3, 0.4) is 0 Å². The minimum atomic E-state index is -0.133. The number of pyridine rings is 2. The molecule has 0 aliphatic carbocycles. The molecule has 0 radical (unpaired) electrons. The number of hydrogen-bond acceptors (Lipinski definition) is 5. The molecule has 2 aromatic heterocycles. The van der Waals surface area contributed by atoms with Gasteiger partial charge in [-0.3, -0.25) is 19.5 Å². The van der Waals surface area contributed by atoms with E-state index in [2.05, 4.69) is 21.3 Å². The summed E-state index contributed by atoms with van der Waals surface area (Å²) >= 11 is 0. The number of amides is 1. The number of nitrogens with one attached hydrogen (secondary N) is 1. The molecule has 7 heteroatoms. The smallest absolute Gasteiger partial charge is 0.252 e. The topological polar surface area (TPSA) is 76.5 Å². The molecule has 0 aromatic carbocycles. The highest BCUT2D eigenvalue weighted by molar-refractivity contribution is 5.94. The molecule has 3 heterocycles. The summed E-state index contributed by atoms with van der Waals surface area (Å²) in [7, 11) is 1.59. The molecule has 2 aromatic rings. The highest BCUT2D eigenvalue weighted by atomic mass is 16.5. The molecule has 0 spiro atoms. The molecule has 1 aliphatic rings. The molecule has 1 aliphatic heterocycles. The van der Waals surface area contributed by atoms with Crippen LogP contribution in [0.25, 0.3) is 0 Å². The van der Waals surface area contributed by atoms with Gasteiger partial charge in [0.05, 0.1) is 12.2 Å². The number of methoxy groups -OCH3 is 1. The first-order valence-electron chi connectivity index (χ1n) is 9.27. The molecule has 1 N–H and O–H groups in total. The van der Waals surface area contributed by atoms with Crippen molar-refractivity contribution in [2.24, 2.45) is 0 Å². The van der Waals surface area contributed by atoms with E-state index < -0.39 is 0 Å². The number of carbonyl (C=O) groups excluding carboxylic acids is 1. The van der Waals surface area contributed by atoms with E-state index >= 15 is 0 Å². The molecule has 3 rings (SSSR count). The zero-order valence-corrected chi connectivity index (χ0v) is 15.6. The highest BCUT2D eigenvalue weighted by Gasteiger charge is 2.21. The van der Waals surface area contributed by atoms with Crippen LogP contribution in [0.1, 0.15) is 28.8 Å². The quantitative estimate of drug-likeness (QED) is 0.795. The Bertz CT molecular complexity index is 798. The number of aromatic nitrogens is 2. The molecule has 0 saturated carbocycles. The van der Waals surface area contributed by atoms with Gasteiger partial charge in [-0.05, 0) is 30.5 Å². The molecule has 27 heavy (non-hydrogen) atoms. The zero-order chi connectivity index (χ0) is 19.1. The summed E-state index contributed by atoms with van der Waals surface area (Å²) in [5.74, 6) is -0.133. The summed E-state index contributed by atoms with van der Waals surface area (Å²) in [4.78, 5) is 30.9. The van der Waals surface area contributed by atoms with E-state index in [1.807, 2.05) is 12.3 Å². The predicted octanol–water partition coefficient (Wildman–Crippen LogP) is 1.28. The van der Waals surface area contributed by atoms with Crippen LogP contribution < -0.4 is 10.9 Å². The Morgan fingerprint density at radius 3 is 2.81 bits per heavy atom. The van der Waals surface area contributed by atoms with Crippen molar-refractivity contribution < 1.29 is 9.53 Å². The zero-order valence-electron chi connectivity index (χ0n) is 15.6. The van der Waals surface area contributed by atoms with Crippen molar-refractivity contribution in [3.05, 3.63) is 64.3 Å². The summed E-state index contributed by atoms with van der Waals surface area (Å²) in [6.07, 6.45) is 7.11. The molecule has 144 valence electrons. The van der Waals surface area contributed by atoms with Crippen molar-refractivity contribution in [3.8, 4) is 0 Å². The monoisotopic (exact) mass is 370 g/mol. The van der Waals surface area contributed by atoms with Crippen molar-refractivity contribution in [2.75, 3.05) is 26.8 Å². The Labute approximate surface area is 159 Å². The number of piperidine rings is 1. The Kier molecular flexibility index (Phi) is 6.73. The van der Waals surface area contributed by atoms with Gasteiger partial charge < -0.3 is 14.6 Å². The third-order valence-electron chi connectivity index (χ3n) is 4.83. The van der Waals surface area contributed by atoms with Gasteiger partial charge in [-0.15, -0.1) is 0 Å². The number of carbonyl (C=O) groups is 1. The minimum absolute atomic E-state index is 0.132. The van der Waals surface area contributed by atoms with Crippen LogP contribution in [0.4, 0.5) is 0 Å². The molecule has 0 bridgehead atoms. The standard InChI is InChI=1S/C20H26N4O3/c1-27-12-11-24-15-17(4-5-19(24)25)20(26)22-18-6-9-23(10-7-18)14-16-3-2-8-21-13-16/h2-5,8,13,15,18H,6-7,9-12,14H2,1H3,(H,22,26). The molecular formula is C20H26N4O3. The van der Waals surface area contributed by atoms with E-state index in [1.165, 1.54) is 16.2 Å². The van der Waals surface area contributed by atoms with E-state index in [-0.39, 0.29) is 17.5 Å². The number of likely N-dealkylation sites (tertiary alicyclic amines) is 1. The Morgan fingerprint density at radius 2 is 2.11 bits per heavy atom. The van der Waals surface area contributed by atoms with Crippen LogP contribution in [0, 0.1) is 0 Å². The lowest BCUT2D eigenvalue weighted by atomic mass is 10.0. The Hall–Kier alpha value is -2.51. The highest BCUT2D eigenvalue weighted by Crippen LogP contribution is 2.14. The summed E-state index contributed by atoms with van der Waals surface area (Å²) in [5.41, 5.74) is 1.58. The summed E-state index contributed by atoms with van der Waals surface area (Å²) in [5, 5.41) is 3.10. The molecule has 1 amide bonds. The van der Waals surface area contributed by atoms with Gasteiger partial charge in [0, 0.05) is 64.0 Å². The fourth-order valence-corrected chi connectivity index (χ4v) is 3.28. The second kappa shape index (κ2) is 9.43. The summed E-state index contributed by atoms with van der Waals surface area (Å²) in [6, 6.07) is 7.20. The average molecular weight is 370 g/mol. The first-order valence-corrected chi connectivity index (χ1v) is 9.27. The third-order valence-corrected chi connectivity index (χ3v) is 4.83. The van der Waals surface area contributed by atoms with Crippen molar-refractivity contribution >= 4 is 5.91 Å². The van der Waals surface area contributed by atoms with Crippen LogP contribution >= 0.6 is 0 Å². The van der Waals surface area contributed by atoms with Gasteiger partial charge in [0.25, 0.3) is 11.5 Å². The maximum Gasteiger partial charge on any atom is 0.252 e. The normalized spacial score (nSPS) is 15.6. The lowest BCUT2D eigenvalue weighted by Gasteiger charge is -2.32. The number of nitrogens with zero attached hydrogens (tertiary/aromatic N) is 3. The SMILES string of the molecule is COCCn1cc(C(=O)NC2CCN(Cc3cccnc3)CC2)ccc1=O. The van der Waals surface area contributed by atoms with Crippen LogP contribution in [-0.4, -0.2) is 53.2 Å². The number of rotatable bonds is 7. The van der Waals surface area contributed by atoms with E-state index in [0.29, 0.717) is 18.7 Å². The van der Waals surface area contributed by atoms with Crippen molar-refractivity contribution in [1.82, 2.24) is 19.8 Å². The van der Waals surface area contributed by atoms with E-state index in [0.717, 1.165) is 32.5 Å². The average Bonchev–Trinajstić information content (AvgIpc) is 2.69. The summed E-state index contributed by atoms with van der Waals surface area (Å²) in [6.45, 7) is 3.63. The fourth-order valence-electron chi connectivity index (χ4n) is 3.28. The van der Waals surface area contributed by atoms with E-state index in [1.54, 1.807) is 25.6 Å². The predicted molar refractivity (Wildman–Crippen MR) is 103 cm³/mol. The maximum atomic E-state index is 12.5. The van der Waals surface area contributed by atoms with Gasteiger partial charge in [0.15, 0.2) is 0 Å². The third kappa shape index (κ3) is 5.48. The van der Waals surface area contributed by atoms with Crippen LogP contribution in [0.5, 0.6) is 0 Å². The lowest BCUT2D eigenvalue weighted by Crippen LogP contribution is -2.44. The number of ether oxygens (including phenoxy) is 1. The second-order valence-corrected chi connectivity index (χ2v) is 6.83. The maximum absolute atomic E-state index is 12.5. The van der Waals surface area contributed by atoms with E-state index in [9.17, 15) is 9.59 Å². The van der Waals surface area contributed by atoms with Crippen LogP contribution in [0.15, 0.2) is 47.7 Å². The van der Waals surface area contributed by atoms with Crippen LogP contribution in [-0.2, 0) is 17.8 Å². The minimum Gasteiger partial charge on any atom is -0.383 e. The van der Waals surface area contributed by atoms with Gasteiger partial charge in [0.1, 0.15) is 0 Å². The van der Waals surface area contributed by atoms with Gasteiger partial charge in [-0.2, -0.15) is 0 Å². The number of hydrogen-bond donors (Lipinski definition) is 1. The second-order valence-electron chi connectivity index (χ2n) is 6.83. The Balaban J connectivity index is 1.51. The lowest BCUT2D eigenvalue weighted by molar-refractivity contribution is 0.0907. The molecule has 7 nitrogen and oxygen atoms in total. The van der Waals surface area contributed by atoms with Crippen molar-refractivity contribution in [2.45, 2.75) is 32.0 Å². The first-order chi connectivity index (χ1) is 13.2. The van der Waals surface area contributed by atoms with Crippen molar-refractivity contribution in [3.63, 3.8) is 0 Å². The van der Waals surface area contributed by atoms with Gasteiger partial charge in [0.2, 0.25) is 0 Å². The van der Waals surface area contributed by atoms with Crippen molar-refractivity contribution in [1.29, 1.82) is 0 Å². The van der Waals surface area contributed by atoms with Crippen LogP contribution in [0.2, 0.25) is 0 Å². The Morgan fingerprint density at radius 1 is 1.30 bits per heavy atom. The molecule has 0 unspecified atom stereocenters. The largest absolute Gasteiger partial charge is 0.383 e. The van der Waals surface area contributed by atoms with Gasteiger partial charge in [-0.25, -0.2) is 0 Å². The van der Waals surface area contributed by atoms with Gasteiger partial charge >= 0.3 is 0 Å². The molecule has 1 saturated heterocycles. The first kappa shape index (κ1) is 19.3. The molecular weight excluding hydrogens is 344 g/mol. The van der Waals surface area contributed by atoms with E-state index in [4.69, 9.17) is 4.74 Å². The molecule has 1 fully saturated rings. The fraction of sp³-hybridized carbons (Fsp3) is 0.450. The van der Waals surface area contributed by atoms with Gasteiger partial charge in [-0.1, -0.05) is 6.07 Å². The summed E-state index contributed by atoms with van der Waals surface area (Å²) < 4.78 is 6.52. The molecule has 0 atom stereocenters.